The smallest absolute Gasteiger partial charge is 0.0480 e. The summed E-state index contributed by atoms with van der Waals surface area (Å²) in [6, 6.07) is 8.64. The van der Waals surface area contributed by atoms with Gasteiger partial charge in [-0.15, -0.1) is 0 Å². The van der Waals surface area contributed by atoms with Crippen molar-refractivity contribution in [2.45, 2.75) is 19.3 Å². The predicted molar refractivity (Wildman–Crippen MR) is 69.8 cm³/mol. The molecule has 0 saturated carbocycles. The molecular weight excluding hydrogens is 196 g/mol. The fourth-order valence-corrected chi connectivity index (χ4v) is 2.24. The summed E-state index contributed by atoms with van der Waals surface area (Å²) in [6.45, 7) is 1.12. The highest BCUT2D eigenvalue weighted by molar-refractivity contribution is 5.83. The Hall–Kier alpha value is -1.28. The number of aryl methyl sites for hydroxylation is 2. The zero-order valence-corrected chi connectivity index (χ0v) is 10.2. The van der Waals surface area contributed by atoms with E-state index in [4.69, 9.17) is 0 Å². The number of hydrogen-bond acceptors (Lipinski definition) is 1. The topological polar surface area (TPSA) is 17.0 Å². The molecule has 2 nitrogen and oxygen atoms in total. The van der Waals surface area contributed by atoms with Gasteiger partial charge >= 0.3 is 0 Å². The molecule has 1 heterocycles. The van der Waals surface area contributed by atoms with E-state index in [0.29, 0.717) is 0 Å². The molecule has 0 aliphatic heterocycles. The first-order valence-electron chi connectivity index (χ1n) is 6.00. The molecule has 2 heteroatoms. The highest BCUT2D eigenvalue weighted by atomic mass is 14.9. The van der Waals surface area contributed by atoms with Crippen molar-refractivity contribution in [3.63, 3.8) is 0 Å². The van der Waals surface area contributed by atoms with Crippen LogP contribution >= 0.6 is 0 Å². The molecule has 0 unspecified atom stereocenters. The van der Waals surface area contributed by atoms with Crippen LogP contribution in [0.5, 0.6) is 0 Å². The Morgan fingerprint density at radius 1 is 1.19 bits per heavy atom. The highest BCUT2D eigenvalue weighted by Crippen LogP contribution is 2.21. The fourth-order valence-electron chi connectivity index (χ4n) is 2.24. The summed E-state index contributed by atoms with van der Waals surface area (Å²) >= 11 is 0. The second kappa shape index (κ2) is 5.17. The summed E-state index contributed by atoms with van der Waals surface area (Å²) < 4.78 is 2.22. The van der Waals surface area contributed by atoms with Crippen molar-refractivity contribution in [1.29, 1.82) is 0 Å². The minimum atomic E-state index is 1.12. The zero-order valence-electron chi connectivity index (χ0n) is 10.2. The lowest BCUT2D eigenvalue weighted by Crippen LogP contribution is -2.07. The first-order valence-corrected chi connectivity index (χ1v) is 6.00. The van der Waals surface area contributed by atoms with Crippen molar-refractivity contribution in [3.05, 3.63) is 36.0 Å². The average Bonchev–Trinajstić information content (AvgIpc) is 2.63. The molecule has 0 radical (unpaired) electrons. The molecule has 2 aromatic rings. The molecule has 0 aliphatic carbocycles. The molecule has 0 fully saturated rings. The molecule has 1 N–H and O–H groups in total. The van der Waals surface area contributed by atoms with Crippen LogP contribution in [-0.2, 0) is 13.5 Å². The van der Waals surface area contributed by atoms with E-state index in [1.54, 1.807) is 0 Å². The van der Waals surface area contributed by atoms with Crippen molar-refractivity contribution in [3.8, 4) is 0 Å². The predicted octanol–water partition coefficient (Wildman–Crippen LogP) is 2.72. The second-order valence-corrected chi connectivity index (χ2v) is 4.34. The van der Waals surface area contributed by atoms with Crippen LogP contribution in [0.2, 0.25) is 0 Å². The average molecular weight is 216 g/mol. The van der Waals surface area contributed by atoms with Crippen LogP contribution in [0.15, 0.2) is 30.5 Å². The van der Waals surface area contributed by atoms with Crippen LogP contribution in [-0.4, -0.2) is 18.2 Å². The Bertz CT molecular complexity index is 457. The van der Waals surface area contributed by atoms with E-state index in [-0.39, 0.29) is 0 Å². The summed E-state index contributed by atoms with van der Waals surface area (Å²) in [5.74, 6) is 0. The van der Waals surface area contributed by atoms with Gasteiger partial charge in [0.15, 0.2) is 0 Å². The van der Waals surface area contributed by atoms with Crippen LogP contribution in [0.25, 0.3) is 10.9 Å². The van der Waals surface area contributed by atoms with E-state index < -0.39 is 0 Å². The van der Waals surface area contributed by atoms with Gasteiger partial charge in [-0.2, -0.15) is 0 Å². The Morgan fingerprint density at radius 3 is 2.81 bits per heavy atom. The van der Waals surface area contributed by atoms with Gasteiger partial charge in [0.05, 0.1) is 0 Å². The van der Waals surface area contributed by atoms with Crippen molar-refractivity contribution in [2.75, 3.05) is 13.6 Å². The zero-order chi connectivity index (χ0) is 11.4. The third-order valence-electron chi connectivity index (χ3n) is 3.10. The lowest BCUT2D eigenvalue weighted by atomic mass is 10.1. The van der Waals surface area contributed by atoms with Gasteiger partial charge in [-0.1, -0.05) is 18.2 Å². The third kappa shape index (κ3) is 2.27. The summed E-state index contributed by atoms with van der Waals surface area (Å²) in [4.78, 5) is 0. The van der Waals surface area contributed by atoms with Gasteiger partial charge in [-0.25, -0.2) is 0 Å². The highest BCUT2D eigenvalue weighted by Gasteiger charge is 2.04. The van der Waals surface area contributed by atoms with Crippen LogP contribution in [0.3, 0.4) is 0 Å². The molecular formula is C14H20N2. The monoisotopic (exact) mass is 216 g/mol. The fraction of sp³-hybridized carbons (Fsp3) is 0.429. The van der Waals surface area contributed by atoms with Crippen molar-refractivity contribution in [1.82, 2.24) is 9.88 Å². The van der Waals surface area contributed by atoms with Gasteiger partial charge in [-0.05, 0) is 44.5 Å². The van der Waals surface area contributed by atoms with Gasteiger partial charge in [0.1, 0.15) is 0 Å². The lowest BCUT2D eigenvalue weighted by molar-refractivity contribution is 0.677. The normalized spacial score (nSPS) is 11.1. The van der Waals surface area contributed by atoms with E-state index in [0.717, 1.165) is 6.54 Å². The molecule has 0 aliphatic rings. The Labute approximate surface area is 97.3 Å². The standard InChI is InChI=1S/C14H20N2/c1-15-10-6-5-7-12-11-16(2)14-9-4-3-8-13(12)14/h3-4,8-9,11,15H,5-7,10H2,1-2H3. The van der Waals surface area contributed by atoms with E-state index in [1.165, 1.54) is 35.7 Å². The molecule has 0 amide bonds. The van der Waals surface area contributed by atoms with Crippen molar-refractivity contribution in [2.24, 2.45) is 7.05 Å². The molecule has 86 valence electrons. The first-order chi connectivity index (χ1) is 7.83. The first kappa shape index (κ1) is 11.2. The molecule has 0 bridgehead atoms. The Balaban J connectivity index is 2.12. The number of nitrogens with one attached hydrogen (secondary N) is 1. The van der Waals surface area contributed by atoms with Crippen LogP contribution < -0.4 is 5.32 Å². The molecule has 0 spiro atoms. The molecule has 2 rings (SSSR count). The summed E-state index contributed by atoms with van der Waals surface area (Å²) in [5.41, 5.74) is 2.82. The Morgan fingerprint density at radius 2 is 2.00 bits per heavy atom. The van der Waals surface area contributed by atoms with Crippen LogP contribution in [0.4, 0.5) is 0 Å². The molecule has 0 atom stereocenters. The van der Waals surface area contributed by atoms with Crippen molar-refractivity contribution >= 4 is 10.9 Å². The minimum absolute atomic E-state index is 1.12. The maximum Gasteiger partial charge on any atom is 0.0480 e. The van der Waals surface area contributed by atoms with Gasteiger partial charge < -0.3 is 9.88 Å². The van der Waals surface area contributed by atoms with Crippen molar-refractivity contribution < 1.29 is 0 Å². The van der Waals surface area contributed by atoms with E-state index in [2.05, 4.69) is 47.4 Å². The number of para-hydroxylation sites is 1. The maximum atomic E-state index is 3.19. The van der Waals surface area contributed by atoms with Gasteiger partial charge in [0, 0.05) is 24.1 Å². The number of rotatable bonds is 5. The minimum Gasteiger partial charge on any atom is -0.350 e. The summed E-state index contributed by atoms with van der Waals surface area (Å²) in [6.07, 6.45) is 5.96. The number of unbranched alkanes of at least 4 members (excludes halogenated alkanes) is 1. The van der Waals surface area contributed by atoms with Crippen LogP contribution in [0, 0.1) is 0 Å². The molecule has 0 saturated heterocycles. The number of hydrogen-bond donors (Lipinski definition) is 1. The number of fused-ring (bicyclic) bond motifs is 1. The summed E-state index contributed by atoms with van der Waals surface area (Å²) in [7, 11) is 4.14. The number of benzene rings is 1. The van der Waals surface area contributed by atoms with Gasteiger partial charge in [0.25, 0.3) is 0 Å². The molecule has 16 heavy (non-hydrogen) atoms. The Kier molecular flexibility index (Phi) is 3.62. The van der Waals surface area contributed by atoms with Gasteiger partial charge in [-0.3, -0.25) is 0 Å². The second-order valence-electron chi connectivity index (χ2n) is 4.34. The molecule has 1 aromatic carbocycles. The van der Waals surface area contributed by atoms with E-state index in [1.807, 2.05) is 7.05 Å². The van der Waals surface area contributed by atoms with Crippen LogP contribution in [0.1, 0.15) is 18.4 Å². The maximum absolute atomic E-state index is 3.19. The number of aromatic nitrogens is 1. The summed E-state index contributed by atoms with van der Waals surface area (Å²) in [5, 5.41) is 4.60. The van der Waals surface area contributed by atoms with E-state index >= 15 is 0 Å². The van der Waals surface area contributed by atoms with Gasteiger partial charge in [0.2, 0.25) is 0 Å². The SMILES string of the molecule is CNCCCCc1cn(C)c2ccccc12. The molecule has 1 aromatic heterocycles. The number of nitrogens with zero attached hydrogens (tertiary/aromatic N) is 1. The van der Waals surface area contributed by atoms with E-state index in [9.17, 15) is 0 Å². The quantitative estimate of drug-likeness (QED) is 0.760. The largest absolute Gasteiger partial charge is 0.350 e. The lowest BCUT2D eigenvalue weighted by Gasteiger charge is -1.99. The third-order valence-corrected chi connectivity index (χ3v) is 3.10.